The molecule has 3 heterocycles. The Morgan fingerprint density at radius 2 is 1.97 bits per heavy atom. The number of aliphatic hydroxyl groups is 1. The number of rotatable bonds is 7. The first-order valence-electron chi connectivity index (χ1n) is 9.22. The van der Waals surface area contributed by atoms with Crippen molar-refractivity contribution in [3.63, 3.8) is 0 Å². The highest BCUT2D eigenvalue weighted by Crippen LogP contribution is 2.23. The highest BCUT2D eigenvalue weighted by Gasteiger charge is 2.27. The number of halogens is 1. The first-order chi connectivity index (χ1) is 13.7. The summed E-state index contributed by atoms with van der Waals surface area (Å²) in [6.07, 6.45) is 4.50. The minimum atomic E-state index is -1.61. The number of carbonyl (C=O) groups is 1. The molecule has 29 heavy (non-hydrogen) atoms. The number of anilines is 1. The maximum Gasteiger partial charge on any atom is 0.256 e. The molecule has 0 saturated heterocycles. The van der Waals surface area contributed by atoms with Gasteiger partial charge in [-0.05, 0) is 27.7 Å². The molecule has 3 aromatic heterocycles. The minimum Gasteiger partial charge on any atom is -0.387 e. The summed E-state index contributed by atoms with van der Waals surface area (Å²) in [5.41, 5.74) is 0.512. The number of alkyl halides is 1. The van der Waals surface area contributed by atoms with E-state index in [0.29, 0.717) is 22.7 Å². The molecule has 0 unspecified atom stereocenters. The Morgan fingerprint density at radius 1 is 1.28 bits per heavy atom. The molecule has 0 aromatic carbocycles. The van der Waals surface area contributed by atoms with Gasteiger partial charge in [0, 0.05) is 36.3 Å². The van der Waals surface area contributed by atoms with Gasteiger partial charge in [-0.1, -0.05) is 0 Å². The Labute approximate surface area is 167 Å². The van der Waals surface area contributed by atoms with Crippen molar-refractivity contribution in [2.75, 3.05) is 11.9 Å². The molecule has 0 aliphatic heterocycles. The van der Waals surface area contributed by atoms with Gasteiger partial charge < -0.3 is 15.7 Å². The van der Waals surface area contributed by atoms with E-state index in [1.54, 1.807) is 18.5 Å². The number of nitrogens with one attached hydrogen (secondary N) is 2. The van der Waals surface area contributed by atoms with E-state index in [1.165, 1.54) is 30.9 Å². The molecule has 154 valence electrons. The maximum absolute atomic E-state index is 14.0. The lowest BCUT2D eigenvalue weighted by Gasteiger charge is -2.22. The second-order valence-electron chi connectivity index (χ2n) is 7.58. The van der Waals surface area contributed by atoms with Gasteiger partial charge in [-0.15, -0.1) is 0 Å². The van der Waals surface area contributed by atoms with E-state index < -0.39 is 17.7 Å². The van der Waals surface area contributed by atoms with E-state index in [9.17, 15) is 14.3 Å². The summed E-state index contributed by atoms with van der Waals surface area (Å²) in [7, 11) is 0. The van der Waals surface area contributed by atoms with Gasteiger partial charge in [-0.3, -0.25) is 4.79 Å². The fourth-order valence-corrected chi connectivity index (χ4v) is 2.61. The third kappa shape index (κ3) is 4.65. The predicted molar refractivity (Wildman–Crippen MR) is 106 cm³/mol. The third-order valence-corrected chi connectivity index (χ3v) is 4.22. The molecule has 1 atom stereocenters. The fraction of sp³-hybridized carbons (Fsp3) is 0.421. The van der Waals surface area contributed by atoms with Crippen molar-refractivity contribution < 1.29 is 14.3 Å². The van der Waals surface area contributed by atoms with Gasteiger partial charge in [-0.2, -0.15) is 9.61 Å². The number of aromatic nitrogens is 5. The average Bonchev–Trinajstić information content (AvgIpc) is 3.10. The number of hydrogen-bond donors (Lipinski definition) is 3. The predicted octanol–water partition coefficient (Wildman–Crippen LogP) is 1.85. The molecule has 0 radical (unpaired) electrons. The zero-order chi connectivity index (χ0) is 21.2. The summed E-state index contributed by atoms with van der Waals surface area (Å²) < 4.78 is 15.5. The molecule has 0 spiro atoms. The van der Waals surface area contributed by atoms with E-state index >= 15 is 0 Å². The van der Waals surface area contributed by atoms with Crippen LogP contribution in [-0.4, -0.2) is 59.9 Å². The van der Waals surface area contributed by atoms with Crippen LogP contribution in [0.2, 0.25) is 0 Å². The van der Waals surface area contributed by atoms with Crippen molar-refractivity contribution in [2.24, 2.45) is 0 Å². The van der Waals surface area contributed by atoms with Crippen molar-refractivity contribution in [1.29, 1.82) is 0 Å². The van der Waals surface area contributed by atoms with Gasteiger partial charge in [0.2, 0.25) is 0 Å². The molecule has 3 N–H and O–H groups in total. The van der Waals surface area contributed by atoms with Crippen LogP contribution in [-0.2, 0) is 0 Å². The average molecular weight is 401 g/mol. The second-order valence-corrected chi connectivity index (χ2v) is 7.58. The summed E-state index contributed by atoms with van der Waals surface area (Å²) in [4.78, 5) is 25.0. The number of hydrogen-bond acceptors (Lipinski definition) is 7. The van der Waals surface area contributed by atoms with Gasteiger partial charge in [0.05, 0.1) is 17.8 Å². The lowest BCUT2D eigenvalue weighted by Crippen LogP contribution is -2.42. The van der Waals surface area contributed by atoms with E-state index in [1.807, 2.05) is 13.8 Å². The normalized spacial score (nSPS) is 12.9. The number of fused-ring (bicyclic) bond motifs is 1. The SMILES string of the molecule is CC(C)Nc1c(C(=O)NC[C@@H](F)C(C)(C)O)cnc2cc(-c3cncnc3)nn12. The minimum absolute atomic E-state index is 0.00478. The molecule has 0 aliphatic rings. The monoisotopic (exact) mass is 401 g/mol. The smallest absolute Gasteiger partial charge is 0.256 e. The Bertz CT molecular complexity index is 999. The van der Waals surface area contributed by atoms with E-state index in [4.69, 9.17) is 0 Å². The largest absolute Gasteiger partial charge is 0.387 e. The molecular weight excluding hydrogens is 377 g/mol. The Balaban J connectivity index is 1.97. The van der Waals surface area contributed by atoms with Crippen LogP contribution in [0.15, 0.2) is 31.0 Å². The van der Waals surface area contributed by atoms with Crippen LogP contribution in [0.3, 0.4) is 0 Å². The Kier molecular flexibility index (Phi) is 5.73. The molecular formula is C19H24FN7O2. The molecule has 9 nitrogen and oxygen atoms in total. The third-order valence-electron chi connectivity index (χ3n) is 4.22. The molecule has 1 amide bonds. The molecule has 3 rings (SSSR count). The summed E-state index contributed by atoms with van der Waals surface area (Å²) >= 11 is 0. The summed E-state index contributed by atoms with van der Waals surface area (Å²) in [5.74, 6) is -0.0844. The van der Waals surface area contributed by atoms with Gasteiger partial charge in [0.15, 0.2) is 5.65 Å². The van der Waals surface area contributed by atoms with E-state index in [2.05, 4.69) is 30.7 Å². The topological polar surface area (TPSA) is 117 Å². The zero-order valence-electron chi connectivity index (χ0n) is 16.7. The van der Waals surface area contributed by atoms with Crippen molar-refractivity contribution >= 4 is 17.4 Å². The molecule has 0 bridgehead atoms. The van der Waals surface area contributed by atoms with E-state index in [0.717, 1.165) is 0 Å². The second kappa shape index (κ2) is 8.08. The Morgan fingerprint density at radius 3 is 2.59 bits per heavy atom. The first-order valence-corrected chi connectivity index (χ1v) is 9.22. The van der Waals surface area contributed by atoms with Crippen molar-refractivity contribution in [3.05, 3.63) is 36.5 Å². The molecule has 3 aromatic rings. The van der Waals surface area contributed by atoms with Crippen LogP contribution in [0.4, 0.5) is 10.2 Å². The molecule has 0 aliphatic carbocycles. The van der Waals surface area contributed by atoms with Crippen LogP contribution in [0, 0.1) is 0 Å². The summed E-state index contributed by atoms with van der Waals surface area (Å²) in [6, 6.07) is 1.77. The van der Waals surface area contributed by atoms with Crippen LogP contribution in [0.5, 0.6) is 0 Å². The van der Waals surface area contributed by atoms with Crippen molar-refractivity contribution in [1.82, 2.24) is 29.9 Å². The number of carbonyl (C=O) groups excluding carboxylic acids is 1. The molecule has 10 heteroatoms. The number of amides is 1. The maximum atomic E-state index is 14.0. The van der Waals surface area contributed by atoms with Crippen LogP contribution in [0.1, 0.15) is 38.1 Å². The van der Waals surface area contributed by atoms with Crippen molar-refractivity contribution in [2.45, 2.75) is 45.5 Å². The van der Waals surface area contributed by atoms with Crippen LogP contribution >= 0.6 is 0 Å². The van der Waals surface area contributed by atoms with Gasteiger partial charge >= 0.3 is 0 Å². The molecule has 0 fully saturated rings. The lowest BCUT2D eigenvalue weighted by molar-refractivity contribution is -0.00177. The lowest BCUT2D eigenvalue weighted by atomic mass is 10.0. The summed E-state index contributed by atoms with van der Waals surface area (Å²) in [5, 5.41) is 20.0. The highest BCUT2D eigenvalue weighted by molar-refractivity contribution is 5.99. The Hall–Kier alpha value is -3.14. The zero-order valence-corrected chi connectivity index (χ0v) is 16.7. The van der Waals surface area contributed by atoms with E-state index in [-0.39, 0.29) is 18.2 Å². The highest BCUT2D eigenvalue weighted by atomic mass is 19.1. The van der Waals surface area contributed by atoms with Crippen LogP contribution in [0.25, 0.3) is 16.9 Å². The first kappa shape index (κ1) is 20.6. The summed E-state index contributed by atoms with van der Waals surface area (Å²) in [6.45, 7) is 6.22. The standard InChI is InChI=1S/C19H24FN7O2/c1-11(2)25-17-13(18(28)24-9-15(20)19(3,4)29)8-23-16-5-14(26-27(16)17)12-6-21-10-22-7-12/h5-8,10-11,15,25,29H,9H2,1-4H3,(H,24,28)/t15-/m1/s1. The molecule has 0 saturated carbocycles. The van der Waals surface area contributed by atoms with Gasteiger partial charge in [0.1, 0.15) is 23.9 Å². The quantitative estimate of drug-likeness (QED) is 0.553. The van der Waals surface area contributed by atoms with Crippen molar-refractivity contribution in [3.8, 4) is 11.3 Å². The van der Waals surface area contributed by atoms with Gasteiger partial charge in [0.25, 0.3) is 5.91 Å². The van der Waals surface area contributed by atoms with Crippen LogP contribution < -0.4 is 10.6 Å². The van der Waals surface area contributed by atoms with Gasteiger partial charge in [-0.25, -0.2) is 19.3 Å². The fourth-order valence-electron chi connectivity index (χ4n) is 2.61. The number of nitrogens with zero attached hydrogens (tertiary/aromatic N) is 5.